The van der Waals surface area contributed by atoms with Crippen LogP contribution in [-0.4, -0.2) is 39.4 Å². The van der Waals surface area contributed by atoms with Gasteiger partial charge >= 0.3 is 0 Å². The zero-order chi connectivity index (χ0) is 24.9. The first-order chi connectivity index (χ1) is 16.9. The Morgan fingerprint density at radius 3 is 2.54 bits per heavy atom. The summed E-state index contributed by atoms with van der Waals surface area (Å²) in [6, 6.07) is 15.5. The third kappa shape index (κ3) is 5.49. The average Bonchev–Trinajstić information content (AvgIpc) is 3.27. The van der Waals surface area contributed by atoms with Crippen LogP contribution in [0.3, 0.4) is 0 Å². The summed E-state index contributed by atoms with van der Waals surface area (Å²) < 4.78 is 1.33. The Morgan fingerprint density at radius 2 is 1.83 bits per heavy atom. The van der Waals surface area contributed by atoms with E-state index >= 15 is 0 Å². The normalized spacial score (nSPS) is 10.9. The number of nitrogens with one attached hydrogen (secondary N) is 1. The van der Waals surface area contributed by atoms with Crippen molar-refractivity contribution in [3.8, 4) is 11.1 Å². The van der Waals surface area contributed by atoms with Crippen LogP contribution < -0.4 is 10.9 Å². The summed E-state index contributed by atoms with van der Waals surface area (Å²) in [5.41, 5.74) is 4.28. The van der Waals surface area contributed by atoms with Gasteiger partial charge in [-0.05, 0) is 37.5 Å². The van der Waals surface area contributed by atoms with Gasteiger partial charge in [-0.15, -0.1) is 11.3 Å². The Hall–Kier alpha value is -3.78. The highest BCUT2D eigenvalue weighted by Crippen LogP contribution is 2.30. The van der Waals surface area contributed by atoms with Crippen molar-refractivity contribution in [2.45, 2.75) is 33.7 Å². The van der Waals surface area contributed by atoms with E-state index in [4.69, 9.17) is 0 Å². The quantitative estimate of drug-likeness (QED) is 0.392. The van der Waals surface area contributed by atoms with Crippen LogP contribution in [0.5, 0.6) is 0 Å². The number of aromatic nitrogens is 2. The second-order valence-electron chi connectivity index (χ2n) is 8.55. The van der Waals surface area contributed by atoms with Crippen molar-refractivity contribution < 1.29 is 9.59 Å². The number of fused-ring (bicyclic) bond motifs is 1. The summed E-state index contributed by atoms with van der Waals surface area (Å²) in [7, 11) is 0. The minimum atomic E-state index is -0.304. The third-order valence-electron chi connectivity index (χ3n) is 5.83. The molecule has 0 aliphatic rings. The van der Waals surface area contributed by atoms with Gasteiger partial charge in [0.1, 0.15) is 11.4 Å². The van der Waals surface area contributed by atoms with Gasteiger partial charge in [0.25, 0.3) is 5.56 Å². The van der Waals surface area contributed by atoms with E-state index in [1.54, 1.807) is 0 Å². The number of benzene rings is 2. The van der Waals surface area contributed by atoms with E-state index in [1.165, 1.54) is 27.1 Å². The molecule has 0 saturated carbocycles. The summed E-state index contributed by atoms with van der Waals surface area (Å²) >= 11 is 1.41. The largest absolute Gasteiger partial charge is 0.332 e. The van der Waals surface area contributed by atoms with Crippen LogP contribution in [0.4, 0.5) is 5.69 Å². The van der Waals surface area contributed by atoms with Crippen molar-refractivity contribution in [3.05, 3.63) is 81.7 Å². The number of para-hydroxylation sites is 1. The number of carbonyl (C=O) groups is 2. The van der Waals surface area contributed by atoms with Crippen molar-refractivity contribution in [1.82, 2.24) is 14.5 Å². The van der Waals surface area contributed by atoms with E-state index in [-0.39, 0.29) is 30.5 Å². The number of nitrogens with zero attached hydrogens (tertiary/aromatic N) is 3. The van der Waals surface area contributed by atoms with Gasteiger partial charge in [-0.2, -0.15) is 0 Å². The number of anilines is 1. The van der Waals surface area contributed by atoms with E-state index in [2.05, 4.69) is 10.3 Å². The zero-order valence-corrected chi connectivity index (χ0v) is 20.9. The van der Waals surface area contributed by atoms with Crippen molar-refractivity contribution in [2.24, 2.45) is 0 Å². The molecule has 0 bridgehead atoms. The summed E-state index contributed by atoms with van der Waals surface area (Å²) in [5.74, 6) is -0.580. The van der Waals surface area contributed by atoms with E-state index in [9.17, 15) is 14.4 Å². The van der Waals surface area contributed by atoms with Crippen LogP contribution in [0.25, 0.3) is 21.3 Å². The van der Waals surface area contributed by atoms with Crippen LogP contribution in [0, 0.1) is 13.8 Å². The van der Waals surface area contributed by atoms with Gasteiger partial charge in [0, 0.05) is 23.2 Å². The lowest BCUT2D eigenvalue weighted by atomic mass is 10.1. The molecule has 0 atom stereocenters. The third-order valence-corrected chi connectivity index (χ3v) is 6.72. The molecule has 1 N–H and O–H groups in total. The number of thiophene rings is 1. The Balaban J connectivity index is 1.55. The summed E-state index contributed by atoms with van der Waals surface area (Å²) in [4.78, 5) is 45.7. The van der Waals surface area contributed by atoms with Gasteiger partial charge in [-0.3, -0.25) is 19.0 Å². The molecule has 0 saturated heterocycles. The highest BCUT2D eigenvalue weighted by Gasteiger charge is 2.20. The molecule has 0 fully saturated rings. The molecule has 0 aliphatic carbocycles. The van der Waals surface area contributed by atoms with Crippen LogP contribution in [0.2, 0.25) is 0 Å². The highest BCUT2D eigenvalue weighted by molar-refractivity contribution is 7.17. The molecule has 2 aromatic carbocycles. The second kappa shape index (κ2) is 10.7. The molecule has 180 valence electrons. The van der Waals surface area contributed by atoms with Crippen LogP contribution >= 0.6 is 11.3 Å². The number of amides is 2. The number of hydrogen-bond acceptors (Lipinski definition) is 5. The second-order valence-corrected chi connectivity index (χ2v) is 9.41. The average molecular weight is 489 g/mol. The zero-order valence-electron chi connectivity index (χ0n) is 20.1. The van der Waals surface area contributed by atoms with E-state index in [1.807, 2.05) is 74.7 Å². The predicted octanol–water partition coefficient (Wildman–Crippen LogP) is 4.62. The number of hydrogen-bond donors (Lipinski definition) is 1. The summed E-state index contributed by atoms with van der Waals surface area (Å²) in [5, 5.41) is 5.30. The topological polar surface area (TPSA) is 84.3 Å². The molecule has 0 aliphatic heterocycles. The van der Waals surface area contributed by atoms with E-state index < -0.39 is 0 Å². The minimum absolute atomic E-state index is 0.0848. The Kier molecular flexibility index (Phi) is 7.41. The van der Waals surface area contributed by atoms with Crippen LogP contribution in [0.1, 0.15) is 24.5 Å². The summed E-state index contributed by atoms with van der Waals surface area (Å²) in [6.07, 6.45) is 2.10. The minimum Gasteiger partial charge on any atom is -0.332 e. The van der Waals surface area contributed by atoms with Crippen molar-refractivity contribution in [2.75, 3.05) is 18.4 Å². The van der Waals surface area contributed by atoms with Crippen LogP contribution in [0.15, 0.2) is 65.0 Å². The first-order valence-corrected chi connectivity index (χ1v) is 12.4. The lowest BCUT2D eigenvalue weighted by Gasteiger charge is -2.22. The first-order valence-electron chi connectivity index (χ1n) is 11.5. The van der Waals surface area contributed by atoms with Gasteiger partial charge in [0.2, 0.25) is 11.8 Å². The van der Waals surface area contributed by atoms with Crippen LogP contribution in [-0.2, 0) is 16.1 Å². The maximum absolute atomic E-state index is 13.3. The molecule has 4 rings (SSSR count). The molecular formula is C27H28N4O3S. The lowest BCUT2D eigenvalue weighted by Crippen LogP contribution is -2.41. The molecule has 35 heavy (non-hydrogen) atoms. The predicted molar refractivity (Wildman–Crippen MR) is 141 cm³/mol. The van der Waals surface area contributed by atoms with E-state index in [0.29, 0.717) is 28.9 Å². The molecule has 8 heteroatoms. The number of aryl methyl sites for hydroxylation is 2. The highest BCUT2D eigenvalue weighted by atomic mass is 32.1. The Morgan fingerprint density at radius 1 is 1.09 bits per heavy atom. The molecule has 2 heterocycles. The number of rotatable bonds is 8. The standard InChI is InChI=1S/C27H28N4O3S/c1-4-13-30(14-23(32)29-22-8-6-5-7-19(22)3)24(33)15-31-17-28-26-25(27(31)34)21(16-35-26)20-11-9-18(2)10-12-20/h5-12,16-17H,4,13-15H2,1-3H3,(H,29,32). The molecule has 0 unspecified atom stereocenters. The summed E-state index contributed by atoms with van der Waals surface area (Å²) in [6.45, 7) is 6.02. The maximum atomic E-state index is 13.3. The van der Waals surface area contributed by atoms with Gasteiger partial charge in [-0.1, -0.05) is 55.0 Å². The van der Waals surface area contributed by atoms with Gasteiger partial charge in [0.05, 0.1) is 18.3 Å². The molecule has 0 radical (unpaired) electrons. The molecule has 7 nitrogen and oxygen atoms in total. The van der Waals surface area contributed by atoms with Crippen molar-refractivity contribution in [3.63, 3.8) is 0 Å². The fraction of sp³-hybridized carbons (Fsp3) is 0.259. The Bertz CT molecular complexity index is 1420. The van der Waals surface area contributed by atoms with Gasteiger partial charge in [-0.25, -0.2) is 4.98 Å². The van der Waals surface area contributed by atoms with E-state index in [0.717, 1.165) is 22.3 Å². The Labute approximate surface area is 208 Å². The number of carbonyl (C=O) groups excluding carboxylic acids is 2. The maximum Gasteiger partial charge on any atom is 0.263 e. The van der Waals surface area contributed by atoms with Crippen molar-refractivity contribution in [1.29, 1.82) is 0 Å². The van der Waals surface area contributed by atoms with Crippen molar-refractivity contribution >= 4 is 39.1 Å². The smallest absolute Gasteiger partial charge is 0.263 e. The molecule has 4 aromatic rings. The monoisotopic (exact) mass is 488 g/mol. The first kappa shape index (κ1) is 24.3. The lowest BCUT2D eigenvalue weighted by molar-refractivity contribution is -0.135. The SMILES string of the molecule is CCCN(CC(=O)Nc1ccccc1C)C(=O)Cn1cnc2scc(-c3ccc(C)cc3)c2c1=O. The molecule has 2 aromatic heterocycles. The van der Waals surface area contributed by atoms with Gasteiger partial charge < -0.3 is 10.2 Å². The molecule has 2 amide bonds. The molecular weight excluding hydrogens is 460 g/mol. The van der Waals surface area contributed by atoms with Gasteiger partial charge in [0.15, 0.2) is 0 Å². The molecule has 0 spiro atoms. The fourth-order valence-corrected chi connectivity index (χ4v) is 4.82. The fourth-order valence-electron chi connectivity index (χ4n) is 3.91.